The lowest BCUT2D eigenvalue weighted by Crippen LogP contribution is -2.53. The topological polar surface area (TPSA) is 64.2 Å². The van der Waals surface area contributed by atoms with Crippen LogP contribution in [0.4, 0.5) is 0 Å². The molecule has 0 aromatic carbocycles. The van der Waals surface area contributed by atoms with Crippen LogP contribution in [0.5, 0.6) is 0 Å². The summed E-state index contributed by atoms with van der Waals surface area (Å²) >= 11 is 0. The molecular weight excluding hydrogens is 304 g/mol. The lowest BCUT2D eigenvalue weighted by molar-refractivity contribution is -0.143. The van der Waals surface area contributed by atoms with E-state index >= 15 is 0 Å². The smallest absolute Gasteiger partial charge is 0.282 e. The van der Waals surface area contributed by atoms with Gasteiger partial charge in [0.2, 0.25) is 5.91 Å². The standard InChI is InChI=1S/C14H26N4O3S/c1-15-8-10-17(11-9-15)22(20,21)18-7-5-14(12-18)4-3-6-16(2)13(14)19/h3-12H2,1-2H3. The van der Waals surface area contributed by atoms with E-state index in [1.165, 1.54) is 4.31 Å². The van der Waals surface area contributed by atoms with Crippen LogP contribution in [0.1, 0.15) is 19.3 Å². The highest BCUT2D eigenvalue weighted by molar-refractivity contribution is 7.86. The van der Waals surface area contributed by atoms with Gasteiger partial charge in [-0.15, -0.1) is 0 Å². The molecule has 126 valence electrons. The van der Waals surface area contributed by atoms with Crippen molar-refractivity contribution in [2.75, 3.05) is 59.9 Å². The Morgan fingerprint density at radius 2 is 1.59 bits per heavy atom. The van der Waals surface area contributed by atoms with Gasteiger partial charge in [-0.1, -0.05) is 0 Å². The van der Waals surface area contributed by atoms with Crippen molar-refractivity contribution >= 4 is 16.1 Å². The Kier molecular flexibility index (Phi) is 4.22. The van der Waals surface area contributed by atoms with Gasteiger partial charge >= 0.3 is 0 Å². The van der Waals surface area contributed by atoms with Gasteiger partial charge in [0, 0.05) is 52.9 Å². The number of likely N-dealkylation sites (N-methyl/N-ethyl adjacent to an activating group) is 1. The van der Waals surface area contributed by atoms with Gasteiger partial charge < -0.3 is 9.80 Å². The van der Waals surface area contributed by atoms with Crippen LogP contribution in [0.2, 0.25) is 0 Å². The predicted octanol–water partition coefficient (Wildman–Crippen LogP) is -0.577. The molecule has 3 aliphatic rings. The minimum Gasteiger partial charge on any atom is -0.345 e. The van der Waals surface area contributed by atoms with Gasteiger partial charge in [0.25, 0.3) is 10.2 Å². The third-order valence-electron chi connectivity index (χ3n) is 5.38. The van der Waals surface area contributed by atoms with Gasteiger partial charge in [-0.3, -0.25) is 4.79 Å². The monoisotopic (exact) mass is 330 g/mol. The quantitative estimate of drug-likeness (QED) is 0.680. The van der Waals surface area contributed by atoms with Crippen LogP contribution in [-0.4, -0.2) is 92.6 Å². The Morgan fingerprint density at radius 1 is 0.909 bits per heavy atom. The molecule has 1 unspecified atom stereocenters. The van der Waals surface area contributed by atoms with Crippen molar-refractivity contribution in [1.29, 1.82) is 0 Å². The molecule has 3 rings (SSSR count). The molecule has 0 aromatic heterocycles. The van der Waals surface area contributed by atoms with Crippen molar-refractivity contribution in [1.82, 2.24) is 18.4 Å². The summed E-state index contributed by atoms with van der Waals surface area (Å²) < 4.78 is 28.7. The zero-order valence-corrected chi connectivity index (χ0v) is 14.3. The maximum absolute atomic E-state index is 12.8. The molecule has 0 aliphatic carbocycles. The van der Waals surface area contributed by atoms with Crippen molar-refractivity contribution in [3.05, 3.63) is 0 Å². The van der Waals surface area contributed by atoms with Gasteiger partial charge in [-0.25, -0.2) is 0 Å². The van der Waals surface area contributed by atoms with E-state index in [2.05, 4.69) is 4.90 Å². The maximum atomic E-state index is 12.8. The first-order valence-electron chi connectivity index (χ1n) is 8.04. The third kappa shape index (κ3) is 2.66. The van der Waals surface area contributed by atoms with Crippen molar-refractivity contribution in [3.8, 4) is 0 Å². The molecule has 1 atom stereocenters. The normalized spacial score (nSPS) is 33.0. The summed E-state index contributed by atoms with van der Waals surface area (Å²) in [6, 6.07) is 0. The van der Waals surface area contributed by atoms with Crippen LogP contribution in [0.3, 0.4) is 0 Å². The van der Waals surface area contributed by atoms with Crippen LogP contribution >= 0.6 is 0 Å². The zero-order valence-electron chi connectivity index (χ0n) is 13.5. The molecule has 0 bridgehead atoms. The number of piperidine rings is 1. The lowest BCUT2D eigenvalue weighted by Gasteiger charge is -2.38. The molecule has 0 radical (unpaired) electrons. The molecule has 3 aliphatic heterocycles. The van der Waals surface area contributed by atoms with E-state index in [1.54, 1.807) is 9.21 Å². The van der Waals surface area contributed by atoms with Gasteiger partial charge in [-0.2, -0.15) is 17.0 Å². The minimum absolute atomic E-state index is 0.120. The van der Waals surface area contributed by atoms with Crippen LogP contribution in [0.25, 0.3) is 0 Å². The van der Waals surface area contributed by atoms with Gasteiger partial charge in [0.15, 0.2) is 0 Å². The maximum Gasteiger partial charge on any atom is 0.282 e. The number of hydrogen-bond donors (Lipinski definition) is 0. The number of hydrogen-bond acceptors (Lipinski definition) is 4. The molecule has 7 nitrogen and oxygen atoms in total. The third-order valence-corrected chi connectivity index (χ3v) is 7.36. The Morgan fingerprint density at radius 3 is 2.27 bits per heavy atom. The molecule has 0 N–H and O–H groups in total. The molecule has 3 heterocycles. The second kappa shape index (κ2) is 5.74. The van der Waals surface area contributed by atoms with E-state index in [-0.39, 0.29) is 5.91 Å². The average molecular weight is 330 g/mol. The first-order chi connectivity index (χ1) is 10.3. The van der Waals surface area contributed by atoms with Crippen molar-refractivity contribution < 1.29 is 13.2 Å². The van der Waals surface area contributed by atoms with Crippen molar-refractivity contribution in [2.24, 2.45) is 5.41 Å². The SMILES string of the molecule is CN1CCN(S(=O)(=O)N2CCC3(CCCN(C)C3=O)C2)CC1. The van der Waals surface area contributed by atoms with Gasteiger partial charge in [-0.05, 0) is 26.3 Å². The molecule has 3 saturated heterocycles. The van der Waals surface area contributed by atoms with Crippen LogP contribution in [0, 0.1) is 5.41 Å². The predicted molar refractivity (Wildman–Crippen MR) is 83.5 cm³/mol. The summed E-state index contributed by atoms with van der Waals surface area (Å²) in [5.41, 5.74) is -0.480. The summed E-state index contributed by atoms with van der Waals surface area (Å²) in [7, 11) is 0.393. The second-order valence-electron chi connectivity index (χ2n) is 6.90. The molecular formula is C14H26N4O3S. The fourth-order valence-corrected chi connectivity index (χ4v) is 5.54. The second-order valence-corrected chi connectivity index (χ2v) is 8.83. The average Bonchev–Trinajstić information content (AvgIpc) is 2.91. The van der Waals surface area contributed by atoms with E-state index in [1.807, 2.05) is 14.1 Å². The summed E-state index contributed by atoms with van der Waals surface area (Å²) in [5.74, 6) is 0.120. The first-order valence-corrected chi connectivity index (χ1v) is 9.44. The fourth-order valence-electron chi connectivity index (χ4n) is 3.86. The number of carbonyl (C=O) groups is 1. The highest BCUT2D eigenvalue weighted by atomic mass is 32.2. The van der Waals surface area contributed by atoms with Gasteiger partial charge in [0.05, 0.1) is 5.41 Å². The van der Waals surface area contributed by atoms with E-state index < -0.39 is 15.6 Å². The number of nitrogens with zero attached hydrogens (tertiary/aromatic N) is 4. The van der Waals surface area contributed by atoms with E-state index in [0.717, 1.165) is 32.5 Å². The number of amides is 1. The molecule has 1 amide bonds. The first kappa shape index (κ1) is 16.2. The summed E-state index contributed by atoms with van der Waals surface area (Å²) in [5, 5.41) is 0. The van der Waals surface area contributed by atoms with E-state index in [4.69, 9.17) is 0 Å². The lowest BCUT2D eigenvalue weighted by atomic mass is 9.78. The molecule has 1 spiro atoms. The molecule has 8 heteroatoms. The van der Waals surface area contributed by atoms with Crippen LogP contribution in [-0.2, 0) is 15.0 Å². The molecule has 0 aromatic rings. The highest BCUT2D eigenvalue weighted by Gasteiger charge is 2.51. The number of carbonyl (C=O) groups excluding carboxylic acids is 1. The van der Waals surface area contributed by atoms with Crippen molar-refractivity contribution in [2.45, 2.75) is 19.3 Å². The minimum atomic E-state index is -3.43. The van der Waals surface area contributed by atoms with E-state index in [9.17, 15) is 13.2 Å². The largest absolute Gasteiger partial charge is 0.345 e. The van der Waals surface area contributed by atoms with Gasteiger partial charge in [0.1, 0.15) is 0 Å². The van der Waals surface area contributed by atoms with Crippen LogP contribution < -0.4 is 0 Å². The molecule has 22 heavy (non-hydrogen) atoms. The Hall–Kier alpha value is -0.700. The Labute approximate surface area is 133 Å². The Bertz CT molecular complexity index is 544. The Balaban J connectivity index is 1.73. The number of piperazine rings is 1. The van der Waals surface area contributed by atoms with Crippen molar-refractivity contribution in [3.63, 3.8) is 0 Å². The highest BCUT2D eigenvalue weighted by Crippen LogP contribution is 2.41. The molecule has 3 fully saturated rings. The summed E-state index contributed by atoms with van der Waals surface area (Å²) in [4.78, 5) is 16.4. The zero-order chi connectivity index (χ0) is 16.0. The number of rotatable bonds is 2. The summed E-state index contributed by atoms with van der Waals surface area (Å²) in [6.45, 7) is 4.21. The van der Waals surface area contributed by atoms with Crippen LogP contribution in [0.15, 0.2) is 0 Å². The van der Waals surface area contributed by atoms with E-state index in [0.29, 0.717) is 32.6 Å². The molecule has 0 saturated carbocycles. The fraction of sp³-hybridized carbons (Fsp3) is 0.929. The summed E-state index contributed by atoms with van der Waals surface area (Å²) in [6.07, 6.45) is 2.43. The number of likely N-dealkylation sites (tertiary alicyclic amines) is 1.